The van der Waals surface area contributed by atoms with Crippen LogP contribution in [0.25, 0.3) is 0 Å². The summed E-state index contributed by atoms with van der Waals surface area (Å²) in [4.78, 5) is 96.6. The van der Waals surface area contributed by atoms with Crippen LogP contribution >= 0.6 is 0 Å². The molecule has 6 unspecified atom stereocenters. The lowest BCUT2D eigenvalue weighted by atomic mass is 9.85. The number of Topliss-reactive ketones (excluding diaryl/α,β-unsaturated/α-hetero) is 1. The summed E-state index contributed by atoms with van der Waals surface area (Å²) in [6, 6.07) is 4.29. The van der Waals surface area contributed by atoms with Gasteiger partial charge in [-0.05, 0) is 47.5 Å². The number of nitrogens with one attached hydrogen (secondary N) is 5. The van der Waals surface area contributed by atoms with Gasteiger partial charge in [-0.25, -0.2) is 4.79 Å². The average Bonchev–Trinajstić information content (AvgIpc) is 3.41. The van der Waals surface area contributed by atoms with E-state index in [0.29, 0.717) is 18.5 Å². The normalized spacial score (nSPS) is 22.3. The molecule has 292 valence electrons. The number of fused-ring (bicyclic) bond motifs is 1. The smallest absolute Gasteiger partial charge is 0.315 e. The van der Waals surface area contributed by atoms with Gasteiger partial charge in [0.25, 0.3) is 5.91 Å². The van der Waals surface area contributed by atoms with E-state index in [-0.39, 0.29) is 41.5 Å². The van der Waals surface area contributed by atoms with Crippen LogP contribution in [0.4, 0.5) is 4.79 Å². The molecule has 0 spiro atoms. The molecule has 0 bridgehead atoms. The zero-order chi connectivity index (χ0) is 39.2. The number of likely N-dealkylation sites (N-methyl/N-ethyl adjacent to an activating group) is 1. The van der Waals surface area contributed by atoms with E-state index in [0.717, 1.165) is 32.1 Å². The molecule has 2 saturated carbocycles. The number of rotatable bonds is 14. The van der Waals surface area contributed by atoms with Crippen LogP contribution < -0.4 is 26.6 Å². The molecule has 1 saturated heterocycles. The van der Waals surface area contributed by atoms with Gasteiger partial charge >= 0.3 is 6.03 Å². The third-order valence-electron chi connectivity index (χ3n) is 11.1. The van der Waals surface area contributed by atoms with Gasteiger partial charge in [0.2, 0.25) is 29.4 Å². The van der Waals surface area contributed by atoms with E-state index < -0.39 is 65.7 Å². The molecule has 1 heterocycles. The monoisotopic (exact) mass is 737 g/mol. The first kappa shape index (κ1) is 41.3. The lowest BCUT2D eigenvalue weighted by molar-refractivity contribution is -0.145. The number of amides is 7. The SMILES string of the molecule is CCCC(NC(=O)C1C2C(CN1C(=O)C(NC(=O)NC1CCCCC1)C(C)(C)C)C2(C)C)C(=O)C(=O)NCC(=O)NC(C(=O)N(C)C)c1ccccc1. The highest BCUT2D eigenvalue weighted by Gasteiger charge is 2.70. The van der Waals surface area contributed by atoms with Gasteiger partial charge in [-0.3, -0.25) is 28.8 Å². The fourth-order valence-electron chi connectivity index (χ4n) is 7.86. The van der Waals surface area contributed by atoms with Crippen molar-refractivity contribution < 1.29 is 33.6 Å². The molecule has 1 aliphatic heterocycles. The Kier molecular flexibility index (Phi) is 13.3. The number of urea groups is 1. The molecular weight excluding hydrogens is 678 g/mol. The Labute approximate surface area is 313 Å². The molecule has 2 aliphatic carbocycles. The van der Waals surface area contributed by atoms with Crippen LogP contribution in [-0.2, 0) is 28.8 Å². The van der Waals surface area contributed by atoms with E-state index in [2.05, 4.69) is 26.6 Å². The maximum Gasteiger partial charge on any atom is 0.315 e. The molecule has 5 N–H and O–H groups in total. The second kappa shape index (κ2) is 17.1. The first-order valence-electron chi connectivity index (χ1n) is 18.9. The van der Waals surface area contributed by atoms with Crippen LogP contribution in [0.5, 0.6) is 0 Å². The highest BCUT2D eigenvalue weighted by molar-refractivity contribution is 6.38. The van der Waals surface area contributed by atoms with Gasteiger partial charge in [0.15, 0.2) is 0 Å². The Morgan fingerprint density at radius 3 is 2.15 bits per heavy atom. The summed E-state index contributed by atoms with van der Waals surface area (Å²) in [6.07, 6.45) is 5.64. The van der Waals surface area contributed by atoms with Crippen molar-refractivity contribution in [2.24, 2.45) is 22.7 Å². The van der Waals surface area contributed by atoms with Gasteiger partial charge in [-0.1, -0.05) is 97.6 Å². The molecule has 1 aromatic rings. The average molecular weight is 738 g/mol. The van der Waals surface area contributed by atoms with Crippen molar-refractivity contribution in [3.05, 3.63) is 35.9 Å². The Morgan fingerprint density at radius 1 is 0.925 bits per heavy atom. The van der Waals surface area contributed by atoms with Gasteiger partial charge in [0.05, 0.1) is 12.6 Å². The summed E-state index contributed by atoms with van der Waals surface area (Å²) in [5, 5.41) is 13.7. The number of likely N-dealkylation sites (tertiary alicyclic amines) is 1. The van der Waals surface area contributed by atoms with Crippen molar-refractivity contribution in [3.63, 3.8) is 0 Å². The van der Waals surface area contributed by atoms with E-state index in [1.165, 1.54) is 9.80 Å². The van der Waals surface area contributed by atoms with E-state index in [9.17, 15) is 33.6 Å². The number of piperidine rings is 1. The number of carbonyl (C=O) groups excluding carboxylic acids is 7. The summed E-state index contributed by atoms with van der Waals surface area (Å²) < 4.78 is 0. The number of carbonyl (C=O) groups is 7. The Morgan fingerprint density at radius 2 is 1.57 bits per heavy atom. The van der Waals surface area contributed by atoms with Crippen molar-refractivity contribution in [2.45, 2.75) is 117 Å². The number of ketones is 1. The number of hydrogen-bond acceptors (Lipinski definition) is 7. The maximum absolute atomic E-state index is 14.3. The fraction of sp³-hybridized carbons (Fsp3) is 0.667. The topological polar surface area (TPSA) is 186 Å². The van der Waals surface area contributed by atoms with E-state index in [1.807, 2.05) is 41.5 Å². The number of benzene rings is 1. The van der Waals surface area contributed by atoms with Gasteiger partial charge < -0.3 is 36.4 Å². The molecule has 1 aromatic carbocycles. The third kappa shape index (κ3) is 9.94. The van der Waals surface area contributed by atoms with Gasteiger partial charge in [-0.15, -0.1) is 0 Å². The van der Waals surface area contributed by atoms with Crippen LogP contribution in [0.15, 0.2) is 30.3 Å². The highest BCUT2D eigenvalue weighted by atomic mass is 16.2. The van der Waals surface area contributed by atoms with Crippen molar-refractivity contribution >= 4 is 41.4 Å². The first-order valence-corrected chi connectivity index (χ1v) is 18.9. The van der Waals surface area contributed by atoms with Crippen molar-refractivity contribution in [1.29, 1.82) is 0 Å². The highest BCUT2D eigenvalue weighted by Crippen LogP contribution is 2.65. The van der Waals surface area contributed by atoms with E-state index in [1.54, 1.807) is 44.4 Å². The fourth-order valence-corrected chi connectivity index (χ4v) is 7.86. The predicted octanol–water partition coefficient (Wildman–Crippen LogP) is 2.43. The molecule has 4 rings (SSSR count). The molecule has 0 aromatic heterocycles. The Balaban J connectivity index is 1.43. The maximum atomic E-state index is 14.3. The largest absolute Gasteiger partial charge is 0.347 e. The quantitative estimate of drug-likeness (QED) is 0.182. The molecule has 3 fully saturated rings. The minimum absolute atomic E-state index is 0.0522. The molecule has 14 nitrogen and oxygen atoms in total. The van der Waals surface area contributed by atoms with Gasteiger partial charge in [0.1, 0.15) is 18.1 Å². The van der Waals surface area contributed by atoms with Crippen molar-refractivity contribution in [2.75, 3.05) is 27.2 Å². The summed E-state index contributed by atoms with van der Waals surface area (Å²) >= 11 is 0. The van der Waals surface area contributed by atoms with Gasteiger partial charge in [-0.2, -0.15) is 0 Å². The van der Waals surface area contributed by atoms with E-state index in [4.69, 9.17) is 0 Å². The molecule has 7 amide bonds. The Hall–Kier alpha value is -4.49. The number of nitrogens with zero attached hydrogens (tertiary/aromatic N) is 2. The van der Waals surface area contributed by atoms with Crippen LogP contribution in [0.1, 0.15) is 98.1 Å². The van der Waals surface area contributed by atoms with Crippen molar-refractivity contribution in [3.8, 4) is 0 Å². The zero-order valence-corrected chi connectivity index (χ0v) is 32.5. The minimum Gasteiger partial charge on any atom is -0.347 e. The van der Waals surface area contributed by atoms with Crippen LogP contribution in [0.2, 0.25) is 0 Å². The summed E-state index contributed by atoms with van der Waals surface area (Å²) in [6.45, 7) is 11.3. The first-order chi connectivity index (χ1) is 24.9. The van der Waals surface area contributed by atoms with Crippen molar-refractivity contribution in [1.82, 2.24) is 36.4 Å². The standard InChI is InChI=1S/C39H59N7O7/c1-9-16-26(31(48)34(50)40-21-27(47)43-29(35(51)45(7)8)23-17-12-10-13-18-23)42-33(49)30-28-25(39(28,5)6)22-46(30)36(52)32(38(2,3)4)44-37(53)41-24-19-14-11-15-20-24/h10,12-13,17-18,24-26,28-30,32H,9,11,14-16,19-22H2,1-8H3,(H,40,50)(H,42,49)(H,43,47)(H2,41,44,53). The molecule has 0 radical (unpaired) electrons. The second-order valence-corrected chi connectivity index (χ2v) is 16.7. The summed E-state index contributed by atoms with van der Waals surface area (Å²) in [5.74, 6) is -4.05. The predicted molar refractivity (Wildman–Crippen MR) is 199 cm³/mol. The molecule has 3 aliphatic rings. The number of hydrogen-bond donors (Lipinski definition) is 5. The second-order valence-electron chi connectivity index (χ2n) is 16.7. The Bertz CT molecular complexity index is 1530. The summed E-state index contributed by atoms with van der Waals surface area (Å²) in [5.41, 5.74) is -0.334. The zero-order valence-electron chi connectivity index (χ0n) is 32.5. The molecule has 6 atom stereocenters. The van der Waals surface area contributed by atoms with Crippen LogP contribution in [0, 0.1) is 22.7 Å². The van der Waals surface area contributed by atoms with Crippen LogP contribution in [0.3, 0.4) is 0 Å². The van der Waals surface area contributed by atoms with Crippen LogP contribution in [-0.4, -0.2) is 103 Å². The molecular formula is C39H59N7O7. The minimum atomic E-state index is -1.20. The molecule has 53 heavy (non-hydrogen) atoms. The third-order valence-corrected chi connectivity index (χ3v) is 11.1. The summed E-state index contributed by atoms with van der Waals surface area (Å²) in [7, 11) is 3.13. The lowest BCUT2D eigenvalue weighted by Gasteiger charge is -2.38. The lowest BCUT2D eigenvalue weighted by Crippen LogP contribution is -2.61. The molecule has 14 heteroatoms. The van der Waals surface area contributed by atoms with E-state index >= 15 is 0 Å². The van der Waals surface area contributed by atoms with Gasteiger partial charge in [0, 0.05) is 26.7 Å².